The first kappa shape index (κ1) is 28.5. The van der Waals surface area contributed by atoms with Crippen LogP contribution in [0.25, 0.3) is 0 Å². The van der Waals surface area contributed by atoms with Crippen molar-refractivity contribution in [1.29, 1.82) is 0 Å². The number of halogens is 2. The second kappa shape index (κ2) is 14.6. The van der Waals surface area contributed by atoms with Crippen LogP contribution in [0.2, 0.25) is 0 Å². The summed E-state index contributed by atoms with van der Waals surface area (Å²) < 4.78 is 12.5. The molecule has 1 aromatic rings. The fourth-order valence-corrected chi connectivity index (χ4v) is 6.65. The van der Waals surface area contributed by atoms with E-state index in [2.05, 4.69) is 6.08 Å². The average Bonchev–Trinajstić information content (AvgIpc) is 2.83. The van der Waals surface area contributed by atoms with Gasteiger partial charge < -0.3 is 0 Å². The van der Waals surface area contributed by atoms with E-state index < -0.39 is 42.4 Å². The van der Waals surface area contributed by atoms with E-state index in [0.29, 0.717) is 25.0 Å². The first-order chi connectivity index (χ1) is 16.3. The van der Waals surface area contributed by atoms with E-state index in [1.54, 1.807) is 7.11 Å². The van der Waals surface area contributed by atoms with Gasteiger partial charge in [0.25, 0.3) is 0 Å². The van der Waals surface area contributed by atoms with E-state index in [0.717, 1.165) is 37.9 Å². The van der Waals surface area contributed by atoms with Crippen molar-refractivity contribution in [1.82, 2.24) is 0 Å². The van der Waals surface area contributed by atoms with Crippen LogP contribution in [-0.2, 0) is 19.1 Å². The predicted molar refractivity (Wildman–Crippen MR) is 125 cm³/mol. The van der Waals surface area contributed by atoms with E-state index in [9.17, 15) is 14.4 Å². The number of carbonyl (C=O) groups is 3. The van der Waals surface area contributed by atoms with Crippen LogP contribution in [-0.4, -0.2) is 32.5 Å². The fourth-order valence-electron chi connectivity index (χ4n) is 3.45. The van der Waals surface area contributed by atoms with E-state index in [1.165, 1.54) is 0 Å². The third kappa shape index (κ3) is 8.79. The molecule has 0 N–H and O–H groups in total. The Morgan fingerprint density at radius 2 is 1.97 bits per heavy atom. The zero-order valence-electron chi connectivity index (χ0n) is 20.3. The molecule has 34 heavy (non-hydrogen) atoms. The number of alkyl halides is 1. The van der Waals surface area contributed by atoms with Crippen molar-refractivity contribution >= 4 is 13.9 Å². The minimum atomic E-state index is -0.818. The molecule has 1 aliphatic rings. The van der Waals surface area contributed by atoms with Crippen LogP contribution in [0.5, 0.6) is 5.75 Å². The number of aldehydes is 1. The van der Waals surface area contributed by atoms with Crippen molar-refractivity contribution in [2.45, 2.75) is 40.0 Å². The van der Waals surface area contributed by atoms with Crippen LogP contribution in [0.3, 0.4) is 0 Å². The molecular weight excluding hydrogens is 658 g/mol. The van der Waals surface area contributed by atoms with Gasteiger partial charge in [-0.2, -0.15) is 0 Å². The molecule has 1 atom stereocenters. The molecule has 0 aliphatic heterocycles. The molecule has 0 heterocycles. The molecule has 1 aromatic carbocycles. The number of allylic oxidation sites excluding steroid dienone is 7. The molecule has 2 rings (SSSR count). The van der Waals surface area contributed by atoms with Gasteiger partial charge >= 0.3 is 225 Å². The first-order valence-electron chi connectivity index (χ1n) is 11.0. The van der Waals surface area contributed by atoms with Gasteiger partial charge in [-0.05, 0) is 0 Å². The number of hydrogen-bond donors (Lipinski definition) is 0. The van der Waals surface area contributed by atoms with Gasteiger partial charge in [-0.3, -0.25) is 0 Å². The van der Waals surface area contributed by atoms with Crippen molar-refractivity contribution in [3.05, 3.63) is 74.1 Å². The fraction of sp³-hybridized carbons (Fsp3) is 0.370. The summed E-state index contributed by atoms with van der Waals surface area (Å²) in [6.45, 7) is 6.05. The normalized spacial score (nSPS) is 15.1. The number of hydrogen-bond acceptors (Lipinski definition) is 5. The molecule has 0 bridgehead atoms. The maximum atomic E-state index is 12.6. The number of rotatable bonds is 13. The molecule has 7 heteroatoms. The quantitative estimate of drug-likeness (QED) is 0.112. The summed E-state index contributed by atoms with van der Waals surface area (Å²) in [5.74, 6) is 1.27. The van der Waals surface area contributed by atoms with Crippen molar-refractivity contribution in [3.63, 3.8) is 0 Å². The maximum absolute atomic E-state index is 12.6. The van der Waals surface area contributed by atoms with Crippen molar-refractivity contribution in [2.75, 3.05) is 18.6 Å². The molecule has 0 spiro atoms. The van der Waals surface area contributed by atoms with Crippen molar-refractivity contribution in [2.24, 2.45) is 5.92 Å². The summed E-state index contributed by atoms with van der Waals surface area (Å²) in [6, 6.07) is 5.89. The number of carbonyl (C=O) groups excluding carboxylic acids is 3. The van der Waals surface area contributed by atoms with Crippen LogP contribution in [0.15, 0.2) is 65.0 Å². The summed E-state index contributed by atoms with van der Waals surface area (Å²) in [7, 11) is 1.63. The van der Waals surface area contributed by atoms with E-state index in [1.807, 2.05) is 62.1 Å². The Morgan fingerprint density at radius 1 is 1.21 bits per heavy atom. The molecule has 0 fully saturated rings. The number of benzene rings is 1. The summed E-state index contributed by atoms with van der Waals surface area (Å²) in [5, 5.41) is 0. The third-order valence-electron chi connectivity index (χ3n) is 5.26. The first-order valence-corrected chi connectivity index (χ1v) is 16.4. The zero-order chi connectivity index (χ0) is 25.1. The zero-order valence-corrected chi connectivity index (χ0v) is 24.6. The van der Waals surface area contributed by atoms with Crippen LogP contribution in [0.4, 0.5) is 0 Å². The molecule has 1 unspecified atom stereocenters. The Morgan fingerprint density at radius 3 is 2.56 bits per heavy atom. The van der Waals surface area contributed by atoms with Gasteiger partial charge in [0.15, 0.2) is 0 Å². The minimum absolute atomic E-state index is 0.0559. The van der Waals surface area contributed by atoms with Gasteiger partial charge in [-0.25, -0.2) is 0 Å². The number of ether oxygens (including phenoxy) is 2. The van der Waals surface area contributed by atoms with Gasteiger partial charge in [-0.1, -0.05) is 0 Å². The molecule has 5 nitrogen and oxygen atoms in total. The van der Waals surface area contributed by atoms with Crippen LogP contribution >= 0.6 is 0 Å². The Hall–Kier alpha value is -1.75. The predicted octanol–water partition coefficient (Wildman–Crippen LogP) is -1.25. The second-order valence-corrected chi connectivity index (χ2v) is 13.1. The number of aryl methyl sites for hydroxylation is 1. The SMILES string of the molecule is COc1cc([I-]C(=O)COC2=CC/C(=C\C(=C(C)C)C(CCC=O)C(=O)[I-]C)C=C2)ccc1C. The molecule has 0 saturated heterocycles. The summed E-state index contributed by atoms with van der Waals surface area (Å²) in [4.78, 5) is 37.9. The summed E-state index contributed by atoms with van der Waals surface area (Å²) in [6.07, 6.45) is 10.4. The Kier molecular flexibility index (Phi) is 12.2. The van der Waals surface area contributed by atoms with E-state index in [4.69, 9.17) is 9.47 Å². The number of methoxy groups -OCH3 is 1. The molecule has 0 saturated carbocycles. The van der Waals surface area contributed by atoms with Crippen LogP contribution < -0.4 is 47.1 Å². The summed E-state index contributed by atoms with van der Waals surface area (Å²) in [5.41, 5.74) is 4.23. The van der Waals surface area contributed by atoms with Crippen molar-refractivity contribution < 1.29 is 66.3 Å². The van der Waals surface area contributed by atoms with Crippen LogP contribution in [0, 0.1) is 16.4 Å². The molecular formula is C27H32I2O5-2. The molecule has 1 aliphatic carbocycles. The third-order valence-corrected chi connectivity index (χ3v) is 9.29. The Labute approximate surface area is 223 Å². The van der Waals surface area contributed by atoms with Gasteiger partial charge in [0, 0.05) is 0 Å². The second-order valence-electron chi connectivity index (χ2n) is 7.96. The van der Waals surface area contributed by atoms with Gasteiger partial charge in [0.2, 0.25) is 0 Å². The van der Waals surface area contributed by atoms with Crippen LogP contribution in [0.1, 0.15) is 38.7 Å². The topological polar surface area (TPSA) is 69.7 Å². The van der Waals surface area contributed by atoms with Gasteiger partial charge in [-0.15, -0.1) is 0 Å². The molecule has 0 amide bonds. The van der Waals surface area contributed by atoms with Gasteiger partial charge in [0.05, 0.1) is 0 Å². The van der Waals surface area contributed by atoms with E-state index in [-0.39, 0.29) is 20.1 Å². The van der Waals surface area contributed by atoms with Crippen molar-refractivity contribution in [3.8, 4) is 5.75 Å². The van der Waals surface area contributed by atoms with E-state index >= 15 is 0 Å². The Balaban J connectivity index is 1.99. The average molecular weight is 690 g/mol. The molecule has 0 aromatic heterocycles. The molecule has 0 radical (unpaired) electrons. The summed E-state index contributed by atoms with van der Waals surface area (Å²) >= 11 is -1.36. The standard InChI is InChI=1S/C27H32I2O5/c1-18(2)24(23(7-6-14-30)27(32)28-4)15-20-9-12-22(13-10-20)34-17-26(31)29-21-11-8-19(3)25(16-21)33-5/h8-9,11-16,23H,6-7,10,17H2,1-5H3/q-2/b20-15-. The van der Waals surface area contributed by atoms with Gasteiger partial charge in [0.1, 0.15) is 0 Å². The Bertz CT molecular complexity index is 1030. The molecule has 186 valence electrons. The monoisotopic (exact) mass is 690 g/mol.